The second kappa shape index (κ2) is 9.26. The number of hydrogen-bond donors (Lipinski definition) is 3. The van der Waals surface area contributed by atoms with Crippen LogP contribution in [0.25, 0.3) is 10.9 Å². The van der Waals surface area contributed by atoms with Gasteiger partial charge in [0.1, 0.15) is 6.04 Å². The Morgan fingerprint density at radius 2 is 1.84 bits per heavy atom. The molecule has 32 heavy (non-hydrogen) atoms. The lowest BCUT2D eigenvalue weighted by molar-refractivity contribution is -0.127. The predicted octanol–water partition coefficient (Wildman–Crippen LogP) is 4.17. The number of H-pyrrole nitrogens is 1. The van der Waals surface area contributed by atoms with Crippen molar-refractivity contribution in [2.75, 3.05) is 11.9 Å². The first kappa shape index (κ1) is 21.6. The maximum absolute atomic E-state index is 12.7. The number of hydrogen-bond acceptors (Lipinski definition) is 3. The summed E-state index contributed by atoms with van der Waals surface area (Å²) in [5.41, 5.74) is 4.02. The average molecular weight is 433 g/mol. The van der Waals surface area contributed by atoms with Gasteiger partial charge in [0.05, 0.1) is 0 Å². The van der Waals surface area contributed by atoms with E-state index in [0.717, 1.165) is 22.2 Å². The lowest BCUT2D eigenvalue weighted by Crippen LogP contribution is -2.33. The van der Waals surface area contributed by atoms with Crippen LogP contribution in [0.4, 0.5) is 10.5 Å². The monoisotopic (exact) mass is 432 g/mol. The van der Waals surface area contributed by atoms with Gasteiger partial charge in [0.15, 0.2) is 0 Å². The Morgan fingerprint density at radius 3 is 2.59 bits per heavy atom. The van der Waals surface area contributed by atoms with Gasteiger partial charge in [-0.05, 0) is 48.1 Å². The standard InChI is InChI=1S/C25H28N4O3/c1-16(2)17-7-9-19(10-8-17)27-23(30)12-11-22-24(31)29(25(32)28-22)14-13-18-15-26-21-6-4-3-5-20(18)21/h3-10,15-16,22,26H,11-14H2,1-2H3,(H,27,30)(H,28,32)/t22-/m0/s1. The van der Waals surface area contributed by atoms with Gasteiger partial charge in [-0.15, -0.1) is 0 Å². The molecule has 0 aliphatic carbocycles. The van der Waals surface area contributed by atoms with Crippen molar-refractivity contribution in [2.45, 2.75) is 45.1 Å². The number of benzene rings is 2. The number of imide groups is 1. The van der Waals surface area contributed by atoms with Gasteiger partial charge in [-0.25, -0.2) is 4.79 Å². The fourth-order valence-electron chi connectivity index (χ4n) is 4.01. The normalized spacial score (nSPS) is 16.1. The molecule has 0 saturated carbocycles. The molecule has 0 bridgehead atoms. The molecule has 0 radical (unpaired) electrons. The van der Waals surface area contributed by atoms with Crippen molar-refractivity contribution in [3.63, 3.8) is 0 Å². The molecule has 4 amide bonds. The number of para-hydroxylation sites is 1. The molecule has 4 rings (SSSR count). The van der Waals surface area contributed by atoms with Crippen LogP contribution in [0.1, 0.15) is 43.7 Å². The van der Waals surface area contributed by atoms with Crippen LogP contribution in [0.15, 0.2) is 54.7 Å². The third kappa shape index (κ3) is 4.66. The number of rotatable bonds is 8. The number of aromatic amines is 1. The predicted molar refractivity (Wildman–Crippen MR) is 124 cm³/mol. The minimum atomic E-state index is -0.667. The molecule has 1 aliphatic heterocycles. The molecule has 0 unspecified atom stereocenters. The summed E-state index contributed by atoms with van der Waals surface area (Å²) in [6, 6.07) is 14.6. The summed E-state index contributed by atoms with van der Waals surface area (Å²) < 4.78 is 0. The zero-order valence-corrected chi connectivity index (χ0v) is 18.4. The Hall–Kier alpha value is -3.61. The highest BCUT2D eigenvalue weighted by molar-refractivity contribution is 6.04. The van der Waals surface area contributed by atoms with Crippen molar-refractivity contribution < 1.29 is 14.4 Å². The lowest BCUT2D eigenvalue weighted by atomic mass is 10.0. The molecular formula is C25H28N4O3. The van der Waals surface area contributed by atoms with E-state index < -0.39 is 12.1 Å². The first-order valence-corrected chi connectivity index (χ1v) is 11.0. The number of urea groups is 1. The second-order valence-corrected chi connectivity index (χ2v) is 8.47. The molecule has 2 heterocycles. The van der Waals surface area contributed by atoms with Crippen LogP contribution >= 0.6 is 0 Å². The third-order valence-corrected chi connectivity index (χ3v) is 5.91. The van der Waals surface area contributed by atoms with Crippen molar-refractivity contribution in [1.29, 1.82) is 0 Å². The molecule has 1 aliphatic rings. The summed E-state index contributed by atoms with van der Waals surface area (Å²) in [6.07, 6.45) is 2.91. The number of carbonyl (C=O) groups is 3. The van der Waals surface area contributed by atoms with Crippen molar-refractivity contribution >= 4 is 34.4 Å². The van der Waals surface area contributed by atoms with E-state index >= 15 is 0 Å². The Bertz CT molecular complexity index is 1130. The molecule has 1 atom stereocenters. The maximum atomic E-state index is 12.7. The second-order valence-electron chi connectivity index (χ2n) is 8.47. The number of nitrogens with zero attached hydrogens (tertiary/aromatic N) is 1. The van der Waals surface area contributed by atoms with E-state index in [1.54, 1.807) is 0 Å². The summed E-state index contributed by atoms with van der Waals surface area (Å²) in [7, 11) is 0. The Morgan fingerprint density at radius 1 is 1.09 bits per heavy atom. The van der Waals surface area contributed by atoms with Gasteiger partial charge >= 0.3 is 6.03 Å². The highest BCUT2D eigenvalue weighted by Crippen LogP contribution is 2.20. The molecule has 2 aromatic carbocycles. The van der Waals surface area contributed by atoms with E-state index in [9.17, 15) is 14.4 Å². The molecule has 1 fully saturated rings. The van der Waals surface area contributed by atoms with Gasteiger partial charge in [0, 0.05) is 35.8 Å². The Balaban J connectivity index is 1.28. The molecule has 3 aromatic rings. The van der Waals surface area contributed by atoms with Crippen LogP contribution in [0.3, 0.4) is 0 Å². The van der Waals surface area contributed by atoms with Gasteiger partial charge in [-0.3, -0.25) is 14.5 Å². The largest absolute Gasteiger partial charge is 0.361 e. The highest BCUT2D eigenvalue weighted by Gasteiger charge is 2.37. The Labute approximate surface area is 187 Å². The smallest absolute Gasteiger partial charge is 0.324 e. The zero-order valence-electron chi connectivity index (χ0n) is 18.4. The summed E-state index contributed by atoms with van der Waals surface area (Å²) in [5.74, 6) is -0.0267. The van der Waals surface area contributed by atoms with Gasteiger partial charge in [0.25, 0.3) is 5.91 Å². The number of fused-ring (bicyclic) bond motifs is 1. The van der Waals surface area contributed by atoms with E-state index in [4.69, 9.17) is 0 Å². The molecule has 7 nitrogen and oxygen atoms in total. The van der Waals surface area contributed by atoms with E-state index in [0.29, 0.717) is 18.9 Å². The summed E-state index contributed by atoms with van der Waals surface area (Å²) in [5, 5.41) is 6.65. The Kier molecular flexibility index (Phi) is 6.25. The van der Waals surface area contributed by atoms with Gasteiger partial charge in [0.2, 0.25) is 5.91 Å². The molecule has 3 N–H and O–H groups in total. The van der Waals surface area contributed by atoms with Gasteiger partial charge in [-0.1, -0.05) is 44.2 Å². The van der Waals surface area contributed by atoms with E-state index in [-0.39, 0.29) is 24.7 Å². The molecule has 166 valence electrons. The van der Waals surface area contributed by atoms with Crippen LogP contribution in [-0.2, 0) is 16.0 Å². The van der Waals surface area contributed by atoms with E-state index in [1.165, 1.54) is 10.5 Å². The first-order valence-electron chi connectivity index (χ1n) is 11.0. The molecule has 1 saturated heterocycles. The number of amides is 4. The number of carbonyl (C=O) groups excluding carboxylic acids is 3. The van der Waals surface area contributed by atoms with Crippen molar-refractivity contribution in [2.24, 2.45) is 0 Å². The van der Waals surface area contributed by atoms with Crippen LogP contribution in [0, 0.1) is 0 Å². The maximum Gasteiger partial charge on any atom is 0.324 e. The fraction of sp³-hybridized carbons (Fsp3) is 0.320. The first-order chi connectivity index (χ1) is 15.4. The molecule has 0 spiro atoms. The van der Waals surface area contributed by atoms with Crippen molar-refractivity contribution in [3.8, 4) is 0 Å². The number of anilines is 1. The van der Waals surface area contributed by atoms with Gasteiger partial charge < -0.3 is 15.6 Å². The quantitative estimate of drug-likeness (QED) is 0.466. The molecular weight excluding hydrogens is 404 g/mol. The number of nitrogens with one attached hydrogen (secondary N) is 3. The van der Waals surface area contributed by atoms with Crippen LogP contribution in [-0.4, -0.2) is 40.3 Å². The van der Waals surface area contributed by atoms with Crippen LogP contribution < -0.4 is 10.6 Å². The minimum absolute atomic E-state index is 0.152. The topological polar surface area (TPSA) is 94.3 Å². The average Bonchev–Trinajstić information content (AvgIpc) is 3.31. The van der Waals surface area contributed by atoms with Crippen molar-refractivity contribution in [3.05, 3.63) is 65.9 Å². The van der Waals surface area contributed by atoms with Crippen LogP contribution in [0.5, 0.6) is 0 Å². The minimum Gasteiger partial charge on any atom is -0.361 e. The highest BCUT2D eigenvalue weighted by atomic mass is 16.2. The lowest BCUT2D eigenvalue weighted by Gasteiger charge is -2.13. The summed E-state index contributed by atoms with van der Waals surface area (Å²) >= 11 is 0. The summed E-state index contributed by atoms with van der Waals surface area (Å²) in [4.78, 5) is 41.8. The SMILES string of the molecule is CC(C)c1ccc(NC(=O)CC[C@@H]2NC(=O)N(CCc3c[nH]c4ccccc34)C2=O)cc1. The fourth-order valence-corrected chi connectivity index (χ4v) is 4.01. The number of aromatic nitrogens is 1. The third-order valence-electron chi connectivity index (χ3n) is 5.91. The van der Waals surface area contributed by atoms with Crippen molar-refractivity contribution in [1.82, 2.24) is 15.2 Å². The zero-order chi connectivity index (χ0) is 22.7. The summed E-state index contributed by atoms with van der Waals surface area (Å²) in [6.45, 7) is 4.53. The molecule has 1 aromatic heterocycles. The molecule has 7 heteroatoms. The van der Waals surface area contributed by atoms with E-state index in [2.05, 4.69) is 29.5 Å². The van der Waals surface area contributed by atoms with Gasteiger partial charge in [-0.2, -0.15) is 0 Å². The van der Waals surface area contributed by atoms with E-state index in [1.807, 2.05) is 54.7 Å². The van der Waals surface area contributed by atoms with Crippen LogP contribution in [0.2, 0.25) is 0 Å².